The zero-order chi connectivity index (χ0) is 12.5. The van der Waals surface area contributed by atoms with Crippen molar-refractivity contribution in [1.29, 1.82) is 0 Å². The van der Waals surface area contributed by atoms with E-state index in [-0.39, 0.29) is 5.25 Å². The van der Waals surface area contributed by atoms with Crippen LogP contribution in [0.15, 0.2) is 5.16 Å². The fraction of sp³-hybridized carbons (Fsp3) is 0.778. The Morgan fingerprint density at radius 1 is 1.71 bits per heavy atom. The van der Waals surface area contributed by atoms with Crippen molar-refractivity contribution in [2.75, 3.05) is 7.05 Å². The van der Waals surface area contributed by atoms with Crippen LogP contribution in [0.1, 0.15) is 19.3 Å². The van der Waals surface area contributed by atoms with Crippen LogP contribution in [-0.4, -0.2) is 49.1 Å². The fourth-order valence-corrected chi connectivity index (χ4v) is 3.27. The largest absolute Gasteiger partial charge is 0.480 e. The molecule has 2 atom stereocenters. The third-order valence-corrected chi connectivity index (χ3v) is 4.50. The Morgan fingerprint density at radius 2 is 2.47 bits per heavy atom. The maximum atomic E-state index is 11.3. The van der Waals surface area contributed by atoms with Crippen molar-refractivity contribution in [2.45, 2.75) is 35.2 Å². The van der Waals surface area contributed by atoms with Crippen LogP contribution in [0.4, 0.5) is 0 Å². The Bertz CT molecular complexity index is 423. The van der Waals surface area contributed by atoms with Crippen molar-refractivity contribution in [3.63, 3.8) is 0 Å². The number of carbonyl (C=O) groups is 1. The summed E-state index contributed by atoms with van der Waals surface area (Å²) in [5.74, 6) is -0.779. The quantitative estimate of drug-likeness (QED) is 0.777. The number of tetrazole rings is 1. The van der Waals surface area contributed by atoms with Crippen LogP contribution in [0.25, 0.3) is 0 Å². The number of thioether (sulfide) groups is 1. The van der Waals surface area contributed by atoms with Crippen molar-refractivity contribution in [3.8, 4) is 0 Å². The number of hydrogen-bond acceptors (Lipinski definition) is 6. The summed E-state index contributed by atoms with van der Waals surface area (Å²) in [7, 11) is 3.48. The van der Waals surface area contributed by atoms with Gasteiger partial charge >= 0.3 is 5.97 Å². The van der Waals surface area contributed by atoms with Crippen LogP contribution in [0, 0.1) is 0 Å². The standard InChI is InChI=1S/C9H15N5O2S/c1-10-9(7(15)16)4-3-6(5-9)17-8-11-12-13-14(8)2/h6,10H,3-5H2,1-2H3,(H,15,16). The summed E-state index contributed by atoms with van der Waals surface area (Å²) >= 11 is 1.54. The van der Waals surface area contributed by atoms with E-state index < -0.39 is 11.5 Å². The van der Waals surface area contributed by atoms with Gasteiger partial charge in [-0.15, -0.1) is 5.10 Å². The highest BCUT2D eigenvalue weighted by Crippen LogP contribution is 2.39. The molecule has 2 unspecified atom stereocenters. The molecule has 1 saturated carbocycles. The second kappa shape index (κ2) is 4.61. The van der Waals surface area contributed by atoms with Crippen molar-refractivity contribution in [2.24, 2.45) is 7.05 Å². The van der Waals surface area contributed by atoms with E-state index in [4.69, 9.17) is 0 Å². The zero-order valence-corrected chi connectivity index (χ0v) is 10.6. The van der Waals surface area contributed by atoms with Gasteiger partial charge in [0.25, 0.3) is 0 Å². The fourth-order valence-electron chi connectivity index (χ4n) is 2.10. The SMILES string of the molecule is CNC1(C(=O)O)CCC(Sc2nnnn2C)C1. The van der Waals surface area contributed by atoms with Crippen molar-refractivity contribution in [1.82, 2.24) is 25.5 Å². The van der Waals surface area contributed by atoms with E-state index in [2.05, 4.69) is 20.8 Å². The number of hydrogen-bond donors (Lipinski definition) is 2. The van der Waals surface area contributed by atoms with E-state index in [0.29, 0.717) is 12.8 Å². The Hall–Kier alpha value is -1.15. The second-order valence-corrected chi connectivity index (χ2v) is 5.47. The highest BCUT2D eigenvalue weighted by Gasteiger charge is 2.44. The molecule has 8 heteroatoms. The summed E-state index contributed by atoms with van der Waals surface area (Å²) in [6.07, 6.45) is 2.09. The Kier molecular flexibility index (Phi) is 3.34. The van der Waals surface area contributed by atoms with Gasteiger partial charge in [0, 0.05) is 12.3 Å². The van der Waals surface area contributed by atoms with Gasteiger partial charge in [0.05, 0.1) is 0 Å². The summed E-state index contributed by atoms with van der Waals surface area (Å²) < 4.78 is 1.60. The van der Waals surface area contributed by atoms with E-state index in [0.717, 1.165) is 11.6 Å². The smallest absolute Gasteiger partial charge is 0.323 e. The van der Waals surface area contributed by atoms with Gasteiger partial charge in [-0.25, -0.2) is 4.68 Å². The first-order chi connectivity index (χ1) is 8.07. The van der Waals surface area contributed by atoms with Gasteiger partial charge in [0.1, 0.15) is 5.54 Å². The molecule has 0 aromatic carbocycles. The number of nitrogens with zero attached hydrogens (tertiary/aromatic N) is 4. The van der Waals surface area contributed by atoms with Crippen LogP contribution < -0.4 is 5.32 Å². The number of aromatic nitrogens is 4. The Balaban J connectivity index is 2.03. The molecule has 0 aliphatic heterocycles. The highest BCUT2D eigenvalue weighted by atomic mass is 32.2. The molecule has 1 fully saturated rings. The molecule has 0 saturated heterocycles. The molecule has 1 aromatic rings. The summed E-state index contributed by atoms with van der Waals surface area (Å²) in [5, 5.41) is 24.4. The van der Waals surface area contributed by atoms with Crippen LogP contribution in [0.2, 0.25) is 0 Å². The normalized spacial score (nSPS) is 28.5. The van der Waals surface area contributed by atoms with Gasteiger partial charge in [0.2, 0.25) is 5.16 Å². The molecule has 94 valence electrons. The van der Waals surface area contributed by atoms with E-state index >= 15 is 0 Å². The number of aryl methyl sites for hydroxylation is 1. The lowest BCUT2D eigenvalue weighted by Crippen LogP contribution is -2.48. The Morgan fingerprint density at radius 3 is 2.94 bits per heavy atom. The first kappa shape index (κ1) is 12.3. The van der Waals surface area contributed by atoms with Gasteiger partial charge in [0.15, 0.2) is 0 Å². The van der Waals surface area contributed by atoms with Crippen molar-refractivity contribution in [3.05, 3.63) is 0 Å². The molecule has 2 rings (SSSR count). The molecule has 7 nitrogen and oxygen atoms in total. The maximum Gasteiger partial charge on any atom is 0.323 e. The molecule has 0 spiro atoms. The number of carboxylic acids is 1. The predicted octanol–water partition coefficient (Wildman–Crippen LogP) is -0.103. The van der Waals surface area contributed by atoms with E-state index in [1.54, 1.807) is 30.5 Å². The molecule has 0 radical (unpaired) electrons. The molecule has 1 aliphatic carbocycles. The zero-order valence-electron chi connectivity index (χ0n) is 9.75. The number of likely N-dealkylation sites (N-methyl/N-ethyl adjacent to an activating group) is 1. The summed E-state index contributed by atoms with van der Waals surface area (Å²) in [6, 6.07) is 0. The number of rotatable bonds is 4. The van der Waals surface area contributed by atoms with Crippen molar-refractivity contribution >= 4 is 17.7 Å². The van der Waals surface area contributed by atoms with Gasteiger partial charge in [-0.3, -0.25) is 4.79 Å². The van der Waals surface area contributed by atoms with Crippen LogP contribution in [0.3, 0.4) is 0 Å². The molecule has 1 aromatic heterocycles. The molecular formula is C9H15N5O2S. The molecule has 0 bridgehead atoms. The number of nitrogens with one attached hydrogen (secondary N) is 1. The highest BCUT2D eigenvalue weighted by molar-refractivity contribution is 7.99. The third kappa shape index (κ3) is 2.27. The minimum atomic E-state index is -0.788. The number of carboxylic acid groups (broad SMARTS) is 1. The molecular weight excluding hydrogens is 242 g/mol. The van der Waals surface area contributed by atoms with Crippen LogP contribution in [-0.2, 0) is 11.8 Å². The Labute approximate surface area is 103 Å². The maximum absolute atomic E-state index is 11.3. The third-order valence-electron chi connectivity index (χ3n) is 3.21. The average Bonchev–Trinajstić information content (AvgIpc) is 2.88. The first-order valence-corrected chi connectivity index (χ1v) is 6.27. The van der Waals surface area contributed by atoms with Crippen LogP contribution >= 0.6 is 11.8 Å². The van der Waals surface area contributed by atoms with Gasteiger partial charge in [-0.1, -0.05) is 11.8 Å². The topological polar surface area (TPSA) is 92.9 Å². The summed E-state index contributed by atoms with van der Waals surface area (Å²) in [5.41, 5.74) is -0.788. The second-order valence-electron chi connectivity index (χ2n) is 4.20. The van der Waals surface area contributed by atoms with Crippen molar-refractivity contribution < 1.29 is 9.90 Å². The van der Waals surface area contributed by atoms with E-state index in [1.807, 2.05) is 0 Å². The van der Waals surface area contributed by atoms with Crippen LogP contribution in [0.5, 0.6) is 0 Å². The molecule has 0 amide bonds. The monoisotopic (exact) mass is 257 g/mol. The molecule has 1 heterocycles. The summed E-state index contributed by atoms with van der Waals surface area (Å²) in [4.78, 5) is 11.3. The van der Waals surface area contributed by atoms with Gasteiger partial charge in [-0.2, -0.15) is 0 Å². The predicted molar refractivity (Wildman–Crippen MR) is 61.7 cm³/mol. The van der Waals surface area contributed by atoms with E-state index in [1.165, 1.54) is 0 Å². The minimum absolute atomic E-state index is 0.239. The lowest BCUT2D eigenvalue weighted by atomic mass is 9.99. The van der Waals surface area contributed by atoms with Gasteiger partial charge < -0.3 is 10.4 Å². The molecule has 1 aliphatic rings. The van der Waals surface area contributed by atoms with Gasteiger partial charge in [-0.05, 0) is 36.7 Å². The first-order valence-electron chi connectivity index (χ1n) is 5.39. The van der Waals surface area contributed by atoms with E-state index in [9.17, 15) is 9.90 Å². The minimum Gasteiger partial charge on any atom is -0.480 e. The summed E-state index contributed by atoms with van der Waals surface area (Å²) in [6.45, 7) is 0. The lowest BCUT2D eigenvalue weighted by Gasteiger charge is -2.23. The molecule has 17 heavy (non-hydrogen) atoms. The average molecular weight is 257 g/mol. The number of aliphatic carboxylic acids is 1. The molecule has 2 N–H and O–H groups in total. The lowest BCUT2D eigenvalue weighted by molar-refractivity contribution is -0.144.